The molecule has 0 atom stereocenters. The van der Waals surface area contributed by atoms with Gasteiger partial charge in [0.25, 0.3) is 0 Å². The van der Waals surface area contributed by atoms with Crippen LogP contribution in [0.1, 0.15) is 26.4 Å². The highest BCUT2D eigenvalue weighted by atomic mass is 32.1. The number of aromatic hydroxyl groups is 1. The molecule has 4 rings (SSSR count). The lowest BCUT2D eigenvalue weighted by atomic mass is 9.94. The van der Waals surface area contributed by atoms with Gasteiger partial charge >= 0.3 is 0 Å². The molecule has 144 valence electrons. The monoisotopic (exact) mass is 400 g/mol. The number of fused-ring (bicyclic) bond motifs is 1. The molecule has 0 unspecified atom stereocenters. The predicted molar refractivity (Wildman–Crippen MR) is 119 cm³/mol. The van der Waals surface area contributed by atoms with Gasteiger partial charge in [-0.05, 0) is 60.9 Å². The van der Waals surface area contributed by atoms with Crippen LogP contribution in [0.2, 0.25) is 0 Å². The van der Waals surface area contributed by atoms with Gasteiger partial charge in [-0.25, -0.2) is 0 Å². The minimum Gasteiger partial charge on any atom is -0.508 e. The number of ketones is 1. The third-order valence-electron chi connectivity index (χ3n) is 4.95. The van der Waals surface area contributed by atoms with Crippen LogP contribution in [0.15, 0.2) is 73.5 Å². The fraction of sp³-hybridized carbons (Fsp3) is 0.0800. The van der Waals surface area contributed by atoms with Crippen molar-refractivity contribution in [3.8, 4) is 22.6 Å². The molecule has 0 saturated heterocycles. The van der Waals surface area contributed by atoms with Gasteiger partial charge in [0.2, 0.25) is 5.78 Å². The van der Waals surface area contributed by atoms with Crippen LogP contribution in [0.25, 0.3) is 21.2 Å². The summed E-state index contributed by atoms with van der Waals surface area (Å²) < 4.78 is 6.20. The average Bonchev–Trinajstić information content (AvgIpc) is 3.07. The van der Waals surface area contributed by atoms with Crippen molar-refractivity contribution in [2.75, 3.05) is 0 Å². The van der Waals surface area contributed by atoms with Crippen LogP contribution in [0.3, 0.4) is 0 Å². The summed E-state index contributed by atoms with van der Waals surface area (Å²) in [6.45, 7) is 7.49. The summed E-state index contributed by atoms with van der Waals surface area (Å²) in [6.07, 6.45) is 1.38. The molecule has 0 saturated carbocycles. The van der Waals surface area contributed by atoms with Crippen LogP contribution in [0.5, 0.6) is 11.5 Å². The number of hydrogen-bond donors (Lipinski definition) is 1. The van der Waals surface area contributed by atoms with E-state index in [2.05, 4.69) is 6.58 Å². The number of rotatable bonds is 5. The van der Waals surface area contributed by atoms with Gasteiger partial charge in [0.05, 0.1) is 11.1 Å². The Kier molecular flexibility index (Phi) is 4.95. The standard InChI is InChI=1S/C25H20O3S/c1-4-28-19-11-8-17(9-12-19)23-20-13-10-18(26)14-21(20)29-25(23)24(27)22-15(2)6-5-7-16(22)3/h4-14,26H,1H2,2-3H3. The van der Waals surface area contributed by atoms with E-state index in [9.17, 15) is 9.90 Å². The second kappa shape index (κ2) is 7.57. The van der Waals surface area contributed by atoms with E-state index in [4.69, 9.17) is 4.74 Å². The first-order chi connectivity index (χ1) is 14.0. The summed E-state index contributed by atoms with van der Waals surface area (Å²) >= 11 is 1.41. The van der Waals surface area contributed by atoms with Crippen molar-refractivity contribution in [2.45, 2.75) is 13.8 Å². The first-order valence-electron chi connectivity index (χ1n) is 9.24. The molecule has 29 heavy (non-hydrogen) atoms. The Morgan fingerprint density at radius 2 is 1.72 bits per heavy atom. The molecule has 1 heterocycles. The number of carbonyl (C=O) groups excluding carboxylic acids is 1. The van der Waals surface area contributed by atoms with Crippen molar-refractivity contribution >= 4 is 27.2 Å². The molecule has 0 aliphatic rings. The normalized spacial score (nSPS) is 10.8. The molecule has 4 aromatic rings. The van der Waals surface area contributed by atoms with Crippen molar-refractivity contribution in [3.63, 3.8) is 0 Å². The number of thiophene rings is 1. The molecule has 0 radical (unpaired) electrons. The molecular formula is C25H20O3S. The molecule has 3 nitrogen and oxygen atoms in total. The van der Waals surface area contributed by atoms with E-state index >= 15 is 0 Å². The summed E-state index contributed by atoms with van der Waals surface area (Å²) in [5.74, 6) is 0.873. The van der Waals surface area contributed by atoms with E-state index in [1.165, 1.54) is 17.6 Å². The minimum atomic E-state index is 0.00251. The van der Waals surface area contributed by atoms with Crippen molar-refractivity contribution in [2.24, 2.45) is 0 Å². The minimum absolute atomic E-state index is 0.00251. The molecule has 0 fully saturated rings. The summed E-state index contributed by atoms with van der Waals surface area (Å²) in [6, 6.07) is 18.7. The van der Waals surface area contributed by atoms with Crippen LogP contribution in [-0.4, -0.2) is 10.9 Å². The van der Waals surface area contributed by atoms with Gasteiger partial charge in [0, 0.05) is 21.2 Å². The van der Waals surface area contributed by atoms with Gasteiger partial charge < -0.3 is 9.84 Å². The number of ether oxygens (including phenoxy) is 1. The van der Waals surface area contributed by atoms with Crippen LogP contribution >= 0.6 is 11.3 Å². The molecule has 0 amide bonds. The Morgan fingerprint density at radius 1 is 1.03 bits per heavy atom. The third kappa shape index (κ3) is 3.43. The van der Waals surface area contributed by atoms with Gasteiger partial charge in [-0.2, -0.15) is 0 Å². The van der Waals surface area contributed by atoms with Crippen molar-refractivity contribution in [1.29, 1.82) is 0 Å². The smallest absolute Gasteiger partial charge is 0.204 e. The average molecular weight is 400 g/mol. The first kappa shape index (κ1) is 19.0. The maximum Gasteiger partial charge on any atom is 0.204 e. The highest BCUT2D eigenvalue weighted by molar-refractivity contribution is 7.21. The van der Waals surface area contributed by atoms with Gasteiger partial charge in [-0.15, -0.1) is 11.3 Å². The second-order valence-corrected chi connectivity index (χ2v) is 7.94. The number of hydrogen-bond acceptors (Lipinski definition) is 4. The highest BCUT2D eigenvalue weighted by Crippen LogP contribution is 2.42. The van der Waals surface area contributed by atoms with Crippen molar-refractivity contribution in [3.05, 3.63) is 95.1 Å². The number of carbonyl (C=O) groups is 1. The van der Waals surface area contributed by atoms with E-state index in [-0.39, 0.29) is 11.5 Å². The summed E-state index contributed by atoms with van der Waals surface area (Å²) in [5, 5.41) is 10.9. The van der Waals surface area contributed by atoms with Crippen molar-refractivity contribution < 1.29 is 14.6 Å². The Labute approximate surface area is 173 Å². The lowest BCUT2D eigenvalue weighted by Gasteiger charge is -2.10. The summed E-state index contributed by atoms with van der Waals surface area (Å²) in [5.41, 5.74) is 4.44. The molecular weight excluding hydrogens is 380 g/mol. The maximum atomic E-state index is 13.6. The van der Waals surface area contributed by atoms with E-state index in [0.717, 1.165) is 37.9 Å². The Bertz CT molecular complexity index is 1210. The number of phenols is 1. The zero-order chi connectivity index (χ0) is 20.5. The zero-order valence-corrected chi connectivity index (χ0v) is 17.0. The highest BCUT2D eigenvalue weighted by Gasteiger charge is 2.23. The Balaban J connectivity index is 1.95. The third-order valence-corrected chi connectivity index (χ3v) is 6.10. The maximum absolute atomic E-state index is 13.6. The van der Waals surface area contributed by atoms with Gasteiger partial charge in [0.1, 0.15) is 11.5 Å². The SMILES string of the molecule is C=COc1ccc(-c2c(C(=O)c3c(C)cccc3C)sc3cc(O)ccc23)cc1. The van der Waals surface area contributed by atoms with Crippen LogP contribution < -0.4 is 4.74 Å². The number of benzene rings is 3. The molecule has 0 spiro atoms. The fourth-order valence-corrected chi connectivity index (χ4v) is 4.82. The zero-order valence-electron chi connectivity index (χ0n) is 16.2. The molecule has 1 aromatic heterocycles. The molecule has 4 heteroatoms. The van der Waals surface area contributed by atoms with E-state index in [0.29, 0.717) is 10.6 Å². The lowest BCUT2D eigenvalue weighted by molar-refractivity contribution is 0.104. The second-order valence-electron chi connectivity index (χ2n) is 6.89. The quantitative estimate of drug-likeness (QED) is 0.301. The van der Waals surface area contributed by atoms with Gasteiger partial charge in [0.15, 0.2) is 0 Å². The molecule has 0 aliphatic heterocycles. The fourth-order valence-electron chi connectivity index (χ4n) is 3.61. The molecule has 0 aliphatic carbocycles. The summed E-state index contributed by atoms with van der Waals surface area (Å²) in [4.78, 5) is 14.3. The number of phenolic OH excluding ortho intramolecular Hbond substituents is 1. The predicted octanol–water partition coefficient (Wildman–Crippen LogP) is 6.64. The van der Waals surface area contributed by atoms with E-state index in [1.807, 2.05) is 62.4 Å². The largest absolute Gasteiger partial charge is 0.508 e. The van der Waals surface area contributed by atoms with Gasteiger partial charge in [-0.3, -0.25) is 4.79 Å². The molecule has 1 N–H and O–H groups in total. The number of aryl methyl sites for hydroxylation is 2. The van der Waals surface area contributed by atoms with Crippen LogP contribution in [0, 0.1) is 13.8 Å². The molecule has 0 bridgehead atoms. The van der Waals surface area contributed by atoms with Crippen LogP contribution in [0.4, 0.5) is 0 Å². The van der Waals surface area contributed by atoms with Crippen molar-refractivity contribution in [1.82, 2.24) is 0 Å². The lowest BCUT2D eigenvalue weighted by Crippen LogP contribution is -2.05. The first-order valence-corrected chi connectivity index (χ1v) is 10.1. The molecule has 3 aromatic carbocycles. The van der Waals surface area contributed by atoms with E-state index < -0.39 is 0 Å². The topological polar surface area (TPSA) is 46.5 Å². The van der Waals surface area contributed by atoms with Crippen LogP contribution in [-0.2, 0) is 0 Å². The van der Waals surface area contributed by atoms with Gasteiger partial charge in [-0.1, -0.05) is 36.9 Å². The Hall–Kier alpha value is -3.37. The van der Waals surface area contributed by atoms with E-state index in [1.54, 1.807) is 12.1 Å². The summed E-state index contributed by atoms with van der Waals surface area (Å²) in [7, 11) is 0. The Morgan fingerprint density at radius 3 is 2.38 bits per heavy atom.